The SMILES string of the molecule is CC1OC(=O)Nc2cc(C(=O)N3CCCC(O)C3)ccc21.c1ccc2c(c1)CCNC2. The van der Waals surface area contributed by atoms with E-state index in [1.54, 1.807) is 30.0 Å². The topological polar surface area (TPSA) is 90.9 Å². The van der Waals surface area contributed by atoms with E-state index in [-0.39, 0.29) is 12.0 Å². The number of nitrogens with one attached hydrogen (secondary N) is 2. The molecular weight excluding hydrogens is 394 g/mol. The molecule has 7 heteroatoms. The predicted octanol–water partition coefficient (Wildman–Crippen LogP) is 3.24. The van der Waals surface area contributed by atoms with Gasteiger partial charge in [-0.25, -0.2) is 4.79 Å². The number of cyclic esters (lactones) is 1. The van der Waals surface area contributed by atoms with Crippen molar-refractivity contribution in [2.24, 2.45) is 0 Å². The summed E-state index contributed by atoms with van der Waals surface area (Å²) in [5.74, 6) is -0.120. The van der Waals surface area contributed by atoms with E-state index in [0.29, 0.717) is 24.3 Å². The fourth-order valence-electron chi connectivity index (χ4n) is 4.26. The predicted molar refractivity (Wildman–Crippen MR) is 118 cm³/mol. The van der Waals surface area contributed by atoms with Gasteiger partial charge in [-0.15, -0.1) is 0 Å². The van der Waals surface area contributed by atoms with E-state index < -0.39 is 12.2 Å². The lowest BCUT2D eigenvalue weighted by Gasteiger charge is -2.30. The van der Waals surface area contributed by atoms with Crippen molar-refractivity contribution in [1.29, 1.82) is 0 Å². The van der Waals surface area contributed by atoms with Gasteiger partial charge in [0.1, 0.15) is 6.10 Å². The van der Waals surface area contributed by atoms with Crippen molar-refractivity contribution in [1.82, 2.24) is 10.2 Å². The molecule has 0 saturated carbocycles. The van der Waals surface area contributed by atoms with Gasteiger partial charge in [-0.2, -0.15) is 0 Å². The molecule has 0 spiro atoms. The number of likely N-dealkylation sites (tertiary alicyclic amines) is 1. The van der Waals surface area contributed by atoms with Crippen LogP contribution >= 0.6 is 0 Å². The summed E-state index contributed by atoms with van der Waals surface area (Å²) in [4.78, 5) is 25.5. The van der Waals surface area contributed by atoms with Gasteiger partial charge in [-0.3, -0.25) is 10.1 Å². The molecule has 2 atom stereocenters. The molecule has 3 N–H and O–H groups in total. The first-order valence-electron chi connectivity index (χ1n) is 10.9. The van der Waals surface area contributed by atoms with Crippen molar-refractivity contribution in [3.63, 3.8) is 0 Å². The second-order valence-corrected chi connectivity index (χ2v) is 8.22. The lowest BCUT2D eigenvalue weighted by atomic mass is 10.0. The minimum atomic E-state index is -0.506. The number of anilines is 1. The van der Waals surface area contributed by atoms with Crippen molar-refractivity contribution in [3.8, 4) is 0 Å². The maximum atomic E-state index is 12.5. The highest BCUT2D eigenvalue weighted by Crippen LogP contribution is 2.31. The number of amides is 2. The van der Waals surface area contributed by atoms with Crippen LogP contribution in [0, 0.1) is 0 Å². The monoisotopic (exact) mass is 423 g/mol. The summed E-state index contributed by atoms with van der Waals surface area (Å²) in [6.07, 6.45) is 1.45. The number of ether oxygens (including phenoxy) is 1. The van der Waals surface area contributed by atoms with Crippen LogP contribution in [0.2, 0.25) is 0 Å². The number of piperidine rings is 1. The van der Waals surface area contributed by atoms with Crippen LogP contribution < -0.4 is 10.6 Å². The van der Waals surface area contributed by atoms with Crippen LogP contribution in [-0.4, -0.2) is 47.7 Å². The third kappa shape index (κ3) is 5.06. The smallest absolute Gasteiger partial charge is 0.412 e. The van der Waals surface area contributed by atoms with E-state index in [2.05, 4.69) is 34.9 Å². The standard InChI is InChI=1S/C15H18N2O4.C9H11N/c1-9-12-5-4-10(7-13(12)16-15(20)21-9)14(19)17-6-2-3-11(18)8-17;1-2-4-9-7-10-6-5-8(9)3-1/h4-5,7,9,11,18H,2-3,6,8H2,1H3,(H,16,20);1-4,10H,5-7H2. The average molecular weight is 424 g/mol. The normalized spacial score (nSPS) is 22.1. The summed E-state index contributed by atoms with van der Waals surface area (Å²) in [7, 11) is 0. The number of rotatable bonds is 1. The van der Waals surface area contributed by atoms with Crippen LogP contribution in [0.5, 0.6) is 0 Å². The molecule has 0 aliphatic carbocycles. The molecule has 3 aliphatic heterocycles. The fourth-order valence-corrected chi connectivity index (χ4v) is 4.26. The van der Waals surface area contributed by atoms with Gasteiger partial charge >= 0.3 is 6.09 Å². The van der Waals surface area contributed by atoms with E-state index in [4.69, 9.17) is 4.74 Å². The lowest BCUT2D eigenvalue weighted by Crippen LogP contribution is -2.42. The van der Waals surface area contributed by atoms with Gasteiger partial charge in [0.15, 0.2) is 0 Å². The highest BCUT2D eigenvalue weighted by molar-refractivity contribution is 5.97. The molecule has 7 nitrogen and oxygen atoms in total. The van der Waals surface area contributed by atoms with Gasteiger partial charge in [-0.05, 0) is 56.0 Å². The first kappa shape index (κ1) is 21.3. The Morgan fingerprint density at radius 1 is 1.19 bits per heavy atom. The molecule has 2 aromatic carbocycles. The van der Waals surface area contributed by atoms with E-state index in [1.807, 2.05) is 0 Å². The Balaban J connectivity index is 0.000000192. The Morgan fingerprint density at radius 2 is 2.00 bits per heavy atom. The highest BCUT2D eigenvalue weighted by atomic mass is 16.6. The number of carbonyl (C=O) groups is 2. The summed E-state index contributed by atoms with van der Waals surface area (Å²) in [6, 6.07) is 13.8. The Morgan fingerprint density at radius 3 is 2.77 bits per heavy atom. The third-order valence-corrected chi connectivity index (χ3v) is 5.95. The summed E-state index contributed by atoms with van der Waals surface area (Å²) in [6.45, 7) is 4.99. The molecular formula is C24H29N3O4. The van der Waals surface area contributed by atoms with E-state index >= 15 is 0 Å². The van der Waals surface area contributed by atoms with Crippen molar-refractivity contribution in [2.75, 3.05) is 25.0 Å². The number of fused-ring (bicyclic) bond motifs is 2. The van der Waals surface area contributed by atoms with Crippen LogP contribution in [0.1, 0.15) is 52.9 Å². The number of β-amino-alcohol motifs (C(OH)–C–C–N with tert-alkyl or cyclic N) is 1. The van der Waals surface area contributed by atoms with Crippen molar-refractivity contribution >= 4 is 17.7 Å². The molecule has 31 heavy (non-hydrogen) atoms. The Labute approximate surface area is 182 Å². The van der Waals surface area contributed by atoms with Crippen molar-refractivity contribution in [2.45, 2.75) is 44.9 Å². The quantitative estimate of drug-likeness (QED) is 0.655. The summed E-state index contributed by atoms with van der Waals surface area (Å²) in [5.41, 5.74) is 4.96. The zero-order valence-electron chi connectivity index (χ0n) is 17.8. The molecule has 1 saturated heterocycles. The lowest BCUT2D eigenvalue weighted by molar-refractivity contribution is 0.0473. The molecule has 5 rings (SSSR count). The van der Waals surface area contributed by atoms with Crippen LogP contribution in [-0.2, 0) is 17.7 Å². The summed E-state index contributed by atoms with van der Waals surface area (Å²) < 4.78 is 5.06. The molecule has 3 aliphatic rings. The van der Waals surface area contributed by atoms with E-state index in [0.717, 1.165) is 31.5 Å². The Hall–Kier alpha value is -2.90. The number of carbonyl (C=O) groups excluding carboxylic acids is 2. The van der Waals surface area contributed by atoms with Gasteiger partial charge in [0.05, 0.1) is 11.8 Å². The van der Waals surface area contributed by atoms with Gasteiger partial charge in [0.25, 0.3) is 5.91 Å². The van der Waals surface area contributed by atoms with Gasteiger partial charge in [0.2, 0.25) is 0 Å². The molecule has 2 aromatic rings. The maximum absolute atomic E-state index is 12.5. The largest absolute Gasteiger partial charge is 0.441 e. The Kier molecular flexibility index (Phi) is 6.53. The summed E-state index contributed by atoms with van der Waals surface area (Å²) in [5, 5.41) is 15.6. The average Bonchev–Trinajstić information content (AvgIpc) is 2.78. The second kappa shape index (κ2) is 9.49. The number of aliphatic hydroxyl groups excluding tert-OH is 1. The van der Waals surface area contributed by atoms with E-state index in [9.17, 15) is 14.7 Å². The number of hydrogen-bond donors (Lipinski definition) is 3. The van der Waals surface area contributed by atoms with Crippen LogP contribution in [0.4, 0.5) is 10.5 Å². The Bertz CT molecular complexity index is 937. The number of aliphatic hydroxyl groups is 1. The van der Waals surface area contributed by atoms with Crippen molar-refractivity contribution in [3.05, 3.63) is 64.7 Å². The van der Waals surface area contributed by atoms with Gasteiger partial charge < -0.3 is 20.1 Å². The number of nitrogens with zero attached hydrogens (tertiary/aromatic N) is 1. The van der Waals surface area contributed by atoms with Crippen LogP contribution in [0.25, 0.3) is 0 Å². The van der Waals surface area contributed by atoms with Gasteiger partial charge in [-0.1, -0.05) is 30.3 Å². The molecule has 0 radical (unpaired) electrons. The molecule has 3 heterocycles. The van der Waals surface area contributed by atoms with Crippen LogP contribution in [0.15, 0.2) is 42.5 Å². The molecule has 1 fully saturated rings. The molecule has 0 aromatic heterocycles. The van der Waals surface area contributed by atoms with Gasteiger partial charge in [0, 0.05) is 30.8 Å². The van der Waals surface area contributed by atoms with E-state index in [1.165, 1.54) is 17.5 Å². The first-order chi connectivity index (χ1) is 15.0. The molecule has 0 bridgehead atoms. The zero-order valence-corrected chi connectivity index (χ0v) is 17.8. The number of benzene rings is 2. The summed E-state index contributed by atoms with van der Waals surface area (Å²) >= 11 is 0. The van der Waals surface area contributed by atoms with Crippen molar-refractivity contribution < 1.29 is 19.4 Å². The molecule has 2 unspecified atom stereocenters. The van der Waals surface area contributed by atoms with Crippen LogP contribution in [0.3, 0.4) is 0 Å². The maximum Gasteiger partial charge on any atom is 0.412 e. The zero-order chi connectivity index (χ0) is 21.8. The second-order valence-electron chi connectivity index (χ2n) is 8.22. The molecule has 164 valence electrons. The number of hydrogen-bond acceptors (Lipinski definition) is 5. The minimum absolute atomic E-state index is 0.120. The minimum Gasteiger partial charge on any atom is -0.441 e. The molecule has 2 amide bonds. The third-order valence-electron chi connectivity index (χ3n) is 5.95. The first-order valence-corrected chi connectivity index (χ1v) is 10.9. The fraction of sp³-hybridized carbons (Fsp3) is 0.417. The highest BCUT2D eigenvalue weighted by Gasteiger charge is 2.26.